The van der Waals surface area contributed by atoms with Gasteiger partial charge in [-0.15, -0.1) is 11.3 Å². The fourth-order valence-corrected chi connectivity index (χ4v) is 8.35. The minimum atomic E-state index is -0.733. The van der Waals surface area contributed by atoms with E-state index in [1.54, 1.807) is 17.5 Å². The van der Waals surface area contributed by atoms with Crippen LogP contribution in [0.25, 0.3) is 32.6 Å². The van der Waals surface area contributed by atoms with Gasteiger partial charge in [0.1, 0.15) is 10.5 Å². The van der Waals surface area contributed by atoms with Crippen molar-refractivity contribution in [3.63, 3.8) is 0 Å². The molecule has 2 N–H and O–H groups in total. The van der Waals surface area contributed by atoms with E-state index in [1.165, 1.54) is 0 Å². The summed E-state index contributed by atoms with van der Waals surface area (Å²) in [6.45, 7) is 8.96. The summed E-state index contributed by atoms with van der Waals surface area (Å²) in [6, 6.07) is 16.3. The maximum atomic E-state index is 12.8. The van der Waals surface area contributed by atoms with Gasteiger partial charge in [-0.05, 0) is 74.3 Å². The Kier molecular flexibility index (Phi) is 9.83. The number of carboxylic acids is 1. The molecule has 1 amide bonds. The van der Waals surface area contributed by atoms with Crippen LogP contribution in [0.4, 0.5) is 11.5 Å². The van der Waals surface area contributed by atoms with E-state index < -0.39 is 5.97 Å². The molecule has 1 atom stereocenters. The van der Waals surface area contributed by atoms with Gasteiger partial charge < -0.3 is 15.3 Å². The van der Waals surface area contributed by atoms with Gasteiger partial charge in [0, 0.05) is 53.3 Å². The van der Waals surface area contributed by atoms with Crippen LogP contribution in [-0.2, 0) is 29.2 Å². The molecule has 1 fully saturated rings. The second kappa shape index (κ2) is 14.4. The SMILES string of the molecule is CCN(C)CC(=O)N1Cc2nc(-c3cccc(-c4cccc(Nc5nccc6cc(CN7CC[C@H](CC(=O)O)C7)cnc56)c4Cl)c3C)sc2C1. The normalized spacial score (nSPS) is 16.0. The number of benzene rings is 2. The Morgan fingerprint density at radius 2 is 1.90 bits per heavy atom. The predicted octanol–water partition coefficient (Wildman–Crippen LogP) is 7.22. The van der Waals surface area contributed by atoms with Crippen molar-refractivity contribution in [2.75, 3.05) is 38.5 Å². The number of hydrogen-bond donors (Lipinski definition) is 2. The van der Waals surface area contributed by atoms with Crippen LogP contribution in [0.5, 0.6) is 0 Å². The highest BCUT2D eigenvalue weighted by Crippen LogP contribution is 2.41. The molecule has 7 rings (SSSR count). The van der Waals surface area contributed by atoms with Crippen LogP contribution in [0.3, 0.4) is 0 Å². The lowest BCUT2D eigenvalue weighted by molar-refractivity contribution is -0.138. The third kappa shape index (κ3) is 7.09. The highest BCUT2D eigenvalue weighted by atomic mass is 35.5. The highest BCUT2D eigenvalue weighted by molar-refractivity contribution is 7.15. The number of aliphatic carboxylic acids is 1. The maximum absolute atomic E-state index is 12.8. The molecule has 2 aliphatic heterocycles. The molecule has 2 aliphatic rings. The number of amides is 1. The van der Waals surface area contributed by atoms with Crippen molar-refractivity contribution >= 4 is 57.2 Å². The fraction of sp³-hybridized carbons (Fsp3) is 0.342. The van der Waals surface area contributed by atoms with Gasteiger partial charge in [-0.2, -0.15) is 0 Å². The zero-order valence-electron chi connectivity index (χ0n) is 28.4. The number of carboxylic acid groups (broad SMARTS) is 1. The number of pyridine rings is 2. The number of likely N-dealkylation sites (tertiary alicyclic amines) is 1. The monoisotopic (exact) mass is 709 g/mol. The van der Waals surface area contributed by atoms with Crippen molar-refractivity contribution in [2.24, 2.45) is 5.92 Å². The number of rotatable bonds is 11. The van der Waals surface area contributed by atoms with Gasteiger partial charge in [-0.3, -0.25) is 24.4 Å². The number of carbonyl (C=O) groups is 2. The third-order valence-electron chi connectivity index (χ3n) is 9.75. The second-order valence-corrected chi connectivity index (χ2v) is 14.8. The molecule has 12 heteroatoms. The number of halogens is 1. The molecule has 2 aromatic carbocycles. The second-order valence-electron chi connectivity index (χ2n) is 13.3. The van der Waals surface area contributed by atoms with E-state index in [4.69, 9.17) is 26.7 Å². The van der Waals surface area contributed by atoms with Gasteiger partial charge >= 0.3 is 5.97 Å². The third-order valence-corrected chi connectivity index (χ3v) is 11.3. The number of carbonyl (C=O) groups excluding carboxylic acids is 1. The Bertz CT molecular complexity index is 2060. The molecule has 50 heavy (non-hydrogen) atoms. The summed E-state index contributed by atoms with van der Waals surface area (Å²) >= 11 is 8.78. The summed E-state index contributed by atoms with van der Waals surface area (Å²) in [5.41, 5.74) is 7.60. The van der Waals surface area contributed by atoms with Crippen LogP contribution in [0.15, 0.2) is 60.9 Å². The lowest BCUT2D eigenvalue weighted by atomic mass is 9.96. The molecule has 5 heterocycles. The first-order valence-corrected chi connectivity index (χ1v) is 18.1. The summed E-state index contributed by atoms with van der Waals surface area (Å²) in [6.07, 6.45) is 4.77. The Balaban J connectivity index is 1.09. The molecule has 5 aromatic rings. The molecule has 10 nitrogen and oxygen atoms in total. The number of likely N-dealkylation sites (N-methyl/N-ethyl adjacent to an activating group) is 1. The maximum Gasteiger partial charge on any atom is 0.303 e. The van der Waals surface area contributed by atoms with Gasteiger partial charge in [0.2, 0.25) is 5.91 Å². The van der Waals surface area contributed by atoms with Gasteiger partial charge in [0.25, 0.3) is 0 Å². The molecule has 0 spiro atoms. The van der Waals surface area contributed by atoms with Crippen molar-refractivity contribution < 1.29 is 14.7 Å². The van der Waals surface area contributed by atoms with Crippen LogP contribution in [0.2, 0.25) is 5.02 Å². The van der Waals surface area contributed by atoms with E-state index in [0.29, 0.717) is 30.5 Å². The smallest absolute Gasteiger partial charge is 0.303 e. The summed E-state index contributed by atoms with van der Waals surface area (Å²) in [7, 11) is 1.96. The first-order valence-electron chi connectivity index (χ1n) is 17.0. The molecule has 0 bridgehead atoms. The number of nitrogens with zero attached hydrogens (tertiary/aromatic N) is 6. The van der Waals surface area contributed by atoms with Crippen LogP contribution < -0.4 is 5.32 Å². The fourth-order valence-electron chi connectivity index (χ4n) is 6.91. The Hall–Kier alpha value is -4.42. The first-order chi connectivity index (χ1) is 24.2. The van der Waals surface area contributed by atoms with Crippen LogP contribution in [-0.4, -0.2) is 79.9 Å². The van der Waals surface area contributed by atoms with Crippen molar-refractivity contribution in [1.29, 1.82) is 0 Å². The summed E-state index contributed by atoms with van der Waals surface area (Å²) < 4.78 is 0. The summed E-state index contributed by atoms with van der Waals surface area (Å²) in [4.78, 5) is 45.6. The summed E-state index contributed by atoms with van der Waals surface area (Å²) in [5.74, 6) is 0.215. The van der Waals surface area contributed by atoms with E-state index in [-0.39, 0.29) is 18.2 Å². The highest BCUT2D eigenvalue weighted by Gasteiger charge is 2.29. The average molecular weight is 710 g/mol. The lowest BCUT2D eigenvalue weighted by Gasteiger charge is -2.20. The minimum Gasteiger partial charge on any atom is -0.481 e. The van der Waals surface area contributed by atoms with Crippen LogP contribution in [0.1, 0.15) is 41.5 Å². The zero-order chi connectivity index (χ0) is 34.9. The number of hydrogen-bond acceptors (Lipinski definition) is 9. The molecular formula is C38H40ClN7O3S. The number of anilines is 2. The van der Waals surface area contributed by atoms with Crippen molar-refractivity contribution in [1.82, 2.24) is 29.7 Å². The quantitative estimate of drug-likeness (QED) is 0.147. The molecular weight excluding hydrogens is 670 g/mol. The van der Waals surface area contributed by atoms with E-state index in [9.17, 15) is 9.59 Å². The Morgan fingerprint density at radius 3 is 2.70 bits per heavy atom. The first kappa shape index (κ1) is 34.0. The minimum absolute atomic E-state index is 0.133. The van der Waals surface area contributed by atoms with Gasteiger partial charge in [-0.1, -0.05) is 48.9 Å². The van der Waals surface area contributed by atoms with Crippen molar-refractivity contribution in [3.8, 4) is 21.7 Å². The molecule has 0 unspecified atom stereocenters. The number of fused-ring (bicyclic) bond motifs is 2. The standard InChI is InChI=1S/C38H40ClN7O3S/c1-4-44(3)22-33(47)46-20-31-32(21-46)50-38(43-31)28-8-5-7-27(23(28)2)29-9-6-10-30(35(29)39)42-37-36-26(11-13-40-37)15-25(17-41-36)19-45-14-12-24(18-45)16-34(48)49/h5-11,13,15,17,24H,4,12,14,16,18-22H2,1-3H3,(H,40,42)(H,48,49)/t24-/m1/s1. The number of nitrogens with one attached hydrogen (secondary N) is 1. The Morgan fingerprint density at radius 1 is 1.10 bits per heavy atom. The van der Waals surface area contributed by atoms with E-state index in [0.717, 1.165) is 92.6 Å². The van der Waals surface area contributed by atoms with E-state index in [1.807, 2.05) is 60.3 Å². The Labute approximate surface area is 300 Å². The van der Waals surface area contributed by atoms with Crippen LogP contribution >= 0.6 is 22.9 Å². The number of aromatic nitrogens is 3. The zero-order valence-corrected chi connectivity index (χ0v) is 30.0. The molecule has 3 aromatic heterocycles. The topological polar surface area (TPSA) is 115 Å². The van der Waals surface area contributed by atoms with E-state index in [2.05, 4.69) is 40.3 Å². The molecule has 0 radical (unpaired) electrons. The largest absolute Gasteiger partial charge is 0.481 e. The molecule has 0 saturated carbocycles. The van der Waals surface area contributed by atoms with Crippen LogP contribution in [0, 0.1) is 12.8 Å². The predicted molar refractivity (Wildman–Crippen MR) is 199 cm³/mol. The number of thiazole rings is 1. The van der Waals surface area contributed by atoms with Crippen molar-refractivity contribution in [3.05, 3.63) is 87.6 Å². The lowest BCUT2D eigenvalue weighted by Crippen LogP contribution is -2.35. The van der Waals surface area contributed by atoms with Gasteiger partial charge in [-0.25, -0.2) is 9.97 Å². The molecule has 0 aliphatic carbocycles. The van der Waals surface area contributed by atoms with Gasteiger partial charge in [0.15, 0.2) is 5.82 Å². The average Bonchev–Trinajstić information content (AvgIpc) is 3.81. The van der Waals surface area contributed by atoms with Gasteiger partial charge in [0.05, 0.1) is 36.0 Å². The van der Waals surface area contributed by atoms with Crippen molar-refractivity contribution in [2.45, 2.75) is 46.3 Å². The molecule has 1 saturated heterocycles. The summed E-state index contributed by atoms with van der Waals surface area (Å²) in [5, 5.41) is 15.1. The molecule has 258 valence electrons. The van der Waals surface area contributed by atoms with E-state index >= 15 is 0 Å².